The fourth-order valence-electron chi connectivity index (χ4n) is 2.33. The molecule has 142 valence electrons. The lowest BCUT2D eigenvalue weighted by atomic mass is 10.2. The van der Waals surface area contributed by atoms with Crippen molar-refractivity contribution >= 4 is 29.2 Å². The Hall–Kier alpha value is -3.35. The topological polar surface area (TPSA) is 93.7 Å². The van der Waals surface area contributed by atoms with Gasteiger partial charge in [-0.3, -0.25) is 9.59 Å². The second kappa shape index (κ2) is 8.84. The largest absolute Gasteiger partial charge is 0.495 e. The molecule has 0 spiro atoms. The first-order valence-corrected chi connectivity index (χ1v) is 8.34. The highest BCUT2D eigenvalue weighted by Gasteiger charge is 2.20. The molecule has 2 aromatic carbocycles. The second-order valence-corrected chi connectivity index (χ2v) is 6.00. The zero-order valence-electron chi connectivity index (χ0n) is 15.7. The van der Waals surface area contributed by atoms with E-state index in [0.717, 1.165) is 5.56 Å². The summed E-state index contributed by atoms with van der Waals surface area (Å²) in [6.45, 7) is 4.77. The number of amides is 2. The number of hydrogen-bond donors (Lipinski definition) is 2. The van der Waals surface area contributed by atoms with Crippen LogP contribution < -0.4 is 15.4 Å². The van der Waals surface area contributed by atoms with E-state index in [4.69, 9.17) is 9.47 Å². The van der Waals surface area contributed by atoms with Gasteiger partial charge < -0.3 is 20.1 Å². The summed E-state index contributed by atoms with van der Waals surface area (Å²) < 4.78 is 10.4. The fraction of sp³-hybridized carbons (Fsp3) is 0.250. The zero-order chi connectivity index (χ0) is 20.0. The van der Waals surface area contributed by atoms with E-state index in [1.807, 2.05) is 13.0 Å². The average molecular weight is 370 g/mol. The van der Waals surface area contributed by atoms with Crippen LogP contribution in [0, 0.1) is 6.92 Å². The molecule has 1 unspecified atom stereocenters. The third-order valence-electron chi connectivity index (χ3n) is 3.71. The van der Waals surface area contributed by atoms with E-state index in [9.17, 15) is 14.4 Å². The number of nitrogens with one attached hydrogen (secondary N) is 2. The predicted octanol–water partition coefficient (Wildman–Crippen LogP) is 3.15. The third kappa shape index (κ3) is 5.57. The van der Waals surface area contributed by atoms with Gasteiger partial charge >= 0.3 is 5.97 Å². The summed E-state index contributed by atoms with van der Waals surface area (Å²) in [5, 5.41) is 5.31. The Morgan fingerprint density at radius 3 is 2.26 bits per heavy atom. The van der Waals surface area contributed by atoms with Gasteiger partial charge in [-0.15, -0.1) is 0 Å². The normalized spacial score (nSPS) is 11.3. The average Bonchev–Trinajstić information content (AvgIpc) is 2.61. The predicted molar refractivity (Wildman–Crippen MR) is 102 cm³/mol. The molecule has 7 heteroatoms. The van der Waals surface area contributed by atoms with E-state index in [-0.39, 0.29) is 11.5 Å². The van der Waals surface area contributed by atoms with Gasteiger partial charge in [-0.1, -0.05) is 6.07 Å². The van der Waals surface area contributed by atoms with Gasteiger partial charge in [0.05, 0.1) is 18.4 Å². The molecule has 0 heterocycles. The van der Waals surface area contributed by atoms with Gasteiger partial charge in [0.1, 0.15) is 5.75 Å². The Morgan fingerprint density at radius 1 is 1.00 bits per heavy atom. The fourth-order valence-corrected chi connectivity index (χ4v) is 2.33. The molecule has 2 aromatic rings. The lowest BCUT2D eigenvalue weighted by Crippen LogP contribution is -2.30. The summed E-state index contributed by atoms with van der Waals surface area (Å²) in [5.74, 6) is -0.798. The molecule has 2 rings (SSSR count). The van der Waals surface area contributed by atoms with Crippen LogP contribution in [-0.2, 0) is 14.3 Å². The van der Waals surface area contributed by atoms with Gasteiger partial charge in [0.2, 0.25) is 5.91 Å². The minimum absolute atomic E-state index is 0.206. The van der Waals surface area contributed by atoms with Crippen LogP contribution in [0.5, 0.6) is 5.75 Å². The summed E-state index contributed by atoms with van der Waals surface area (Å²) in [7, 11) is 1.51. The number of aryl methyl sites for hydroxylation is 1. The lowest BCUT2D eigenvalue weighted by molar-refractivity contribution is -0.123. The van der Waals surface area contributed by atoms with E-state index in [0.29, 0.717) is 17.1 Å². The molecule has 2 N–H and O–H groups in total. The van der Waals surface area contributed by atoms with Crippen LogP contribution in [0.4, 0.5) is 11.4 Å². The van der Waals surface area contributed by atoms with Crippen molar-refractivity contribution in [2.24, 2.45) is 0 Å². The van der Waals surface area contributed by atoms with E-state index in [1.165, 1.54) is 33.1 Å². The minimum atomic E-state index is -1.00. The number of anilines is 2. The highest BCUT2D eigenvalue weighted by molar-refractivity contribution is 5.98. The molecule has 0 saturated carbocycles. The molecule has 7 nitrogen and oxygen atoms in total. The highest BCUT2D eigenvalue weighted by Crippen LogP contribution is 2.25. The first kappa shape index (κ1) is 20.0. The van der Waals surface area contributed by atoms with Crippen molar-refractivity contribution in [3.05, 3.63) is 53.6 Å². The molecule has 0 aliphatic rings. The van der Waals surface area contributed by atoms with Gasteiger partial charge in [-0.25, -0.2) is 4.79 Å². The van der Waals surface area contributed by atoms with Crippen LogP contribution in [0.25, 0.3) is 0 Å². The molecule has 0 bridgehead atoms. The van der Waals surface area contributed by atoms with Gasteiger partial charge in [-0.2, -0.15) is 0 Å². The molecule has 0 aromatic heterocycles. The summed E-state index contributed by atoms with van der Waals surface area (Å²) >= 11 is 0. The Balaban J connectivity index is 2.00. The standard InChI is InChI=1S/C20H22N2O5/c1-12-5-10-18(26-4)17(11-12)22-19(24)13(2)27-20(25)15-6-8-16(9-7-15)21-14(3)23/h5-11,13H,1-4H3,(H,21,23)(H,22,24). The Bertz CT molecular complexity index is 846. The quantitative estimate of drug-likeness (QED) is 0.762. The summed E-state index contributed by atoms with van der Waals surface area (Å²) in [4.78, 5) is 35.6. The molecular weight excluding hydrogens is 348 g/mol. The molecule has 27 heavy (non-hydrogen) atoms. The van der Waals surface area contributed by atoms with Crippen molar-refractivity contribution < 1.29 is 23.9 Å². The van der Waals surface area contributed by atoms with Crippen LogP contribution in [0.15, 0.2) is 42.5 Å². The summed E-state index contributed by atoms with van der Waals surface area (Å²) in [6.07, 6.45) is -1.00. The monoisotopic (exact) mass is 370 g/mol. The van der Waals surface area contributed by atoms with Gasteiger partial charge in [-0.05, 0) is 55.8 Å². The highest BCUT2D eigenvalue weighted by atomic mass is 16.5. The molecule has 0 aliphatic carbocycles. The summed E-state index contributed by atoms with van der Waals surface area (Å²) in [6, 6.07) is 11.6. The van der Waals surface area contributed by atoms with Gasteiger partial charge in [0.25, 0.3) is 5.91 Å². The molecule has 0 saturated heterocycles. The van der Waals surface area contributed by atoms with Gasteiger partial charge in [0, 0.05) is 12.6 Å². The van der Waals surface area contributed by atoms with Gasteiger partial charge in [0.15, 0.2) is 6.10 Å². The molecule has 0 aliphatic heterocycles. The number of ether oxygens (including phenoxy) is 2. The molecule has 0 fully saturated rings. The van der Waals surface area contributed by atoms with Crippen LogP contribution >= 0.6 is 0 Å². The number of carbonyl (C=O) groups is 3. The molecule has 2 amide bonds. The Morgan fingerprint density at radius 2 is 1.67 bits per heavy atom. The number of benzene rings is 2. The molecular formula is C20H22N2O5. The Kier molecular flexibility index (Phi) is 6.54. The van der Waals surface area contributed by atoms with E-state index in [1.54, 1.807) is 24.3 Å². The maximum atomic E-state index is 12.3. The number of carbonyl (C=O) groups excluding carboxylic acids is 3. The first-order chi connectivity index (χ1) is 12.8. The lowest BCUT2D eigenvalue weighted by Gasteiger charge is -2.15. The van der Waals surface area contributed by atoms with Crippen LogP contribution in [0.2, 0.25) is 0 Å². The van der Waals surface area contributed by atoms with E-state index in [2.05, 4.69) is 10.6 Å². The number of esters is 1. The van der Waals surface area contributed by atoms with Crippen molar-refractivity contribution in [2.75, 3.05) is 17.7 Å². The van der Waals surface area contributed by atoms with Crippen LogP contribution in [0.1, 0.15) is 29.8 Å². The van der Waals surface area contributed by atoms with E-state index >= 15 is 0 Å². The third-order valence-corrected chi connectivity index (χ3v) is 3.71. The second-order valence-electron chi connectivity index (χ2n) is 6.00. The maximum Gasteiger partial charge on any atom is 0.338 e. The first-order valence-electron chi connectivity index (χ1n) is 8.34. The van der Waals surface area contributed by atoms with Crippen molar-refractivity contribution in [1.29, 1.82) is 0 Å². The molecule has 0 radical (unpaired) electrons. The van der Waals surface area contributed by atoms with Crippen molar-refractivity contribution in [1.82, 2.24) is 0 Å². The van der Waals surface area contributed by atoms with Crippen molar-refractivity contribution in [3.8, 4) is 5.75 Å². The minimum Gasteiger partial charge on any atom is -0.495 e. The maximum absolute atomic E-state index is 12.3. The van der Waals surface area contributed by atoms with Crippen LogP contribution in [-0.4, -0.2) is 31.0 Å². The zero-order valence-corrected chi connectivity index (χ0v) is 15.7. The number of rotatable bonds is 6. The Labute approximate surface area is 157 Å². The SMILES string of the molecule is COc1ccc(C)cc1NC(=O)C(C)OC(=O)c1ccc(NC(C)=O)cc1. The van der Waals surface area contributed by atoms with Crippen molar-refractivity contribution in [3.63, 3.8) is 0 Å². The van der Waals surface area contributed by atoms with Crippen LogP contribution in [0.3, 0.4) is 0 Å². The molecule has 1 atom stereocenters. The number of hydrogen-bond acceptors (Lipinski definition) is 5. The number of methoxy groups -OCH3 is 1. The smallest absolute Gasteiger partial charge is 0.338 e. The van der Waals surface area contributed by atoms with E-state index < -0.39 is 18.0 Å². The summed E-state index contributed by atoms with van der Waals surface area (Å²) in [5.41, 5.74) is 2.30. The van der Waals surface area contributed by atoms with Crippen molar-refractivity contribution in [2.45, 2.75) is 26.9 Å².